The maximum absolute atomic E-state index is 12.8. The van der Waals surface area contributed by atoms with Crippen LogP contribution in [0.5, 0.6) is 0 Å². The first-order valence-corrected chi connectivity index (χ1v) is 14.7. The van der Waals surface area contributed by atoms with Crippen molar-refractivity contribution in [2.45, 2.75) is 0 Å². The molecule has 3 fully saturated rings. The van der Waals surface area contributed by atoms with Gasteiger partial charge in [0.2, 0.25) is 0 Å². The smallest absolute Gasteiger partial charge is 0.279 e. The highest BCUT2D eigenvalue weighted by Gasteiger charge is 2.41. The van der Waals surface area contributed by atoms with Gasteiger partial charge in [0.1, 0.15) is 21.5 Å². The maximum Gasteiger partial charge on any atom is 0.279 e. The van der Waals surface area contributed by atoms with Gasteiger partial charge < -0.3 is 19.3 Å². The first-order valence-electron chi connectivity index (χ1n) is 13.9. The monoisotopic (exact) mass is 618 g/mol. The van der Waals surface area contributed by atoms with Gasteiger partial charge >= 0.3 is 0 Å². The standard InChI is InChI=1S/C28H32Cl2N6O6/c29-21-23(33-13-17-41-18-14-33)27(39)35(25(21)37)7-3-1-5-31-9-11-32(12-10-31)6-2-4-8-36-26(38)22(30)24(28(36)40)34-15-19-42-20-16-34/h5-20H2. The first kappa shape index (κ1) is 30.4. The molecule has 0 unspecified atom stereocenters. The number of amides is 4. The largest absolute Gasteiger partial charge is 0.378 e. The average molecular weight is 620 g/mol. The van der Waals surface area contributed by atoms with Crippen molar-refractivity contribution in [1.29, 1.82) is 0 Å². The lowest BCUT2D eigenvalue weighted by Gasteiger charge is -2.32. The molecule has 5 aliphatic rings. The van der Waals surface area contributed by atoms with E-state index in [1.54, 1.807) is 9.80 Å². The van der Waals surface area contributed by atoms with E-state index in [4.69, 9.17) is 32.7 Å². The molecule has 5 rings (SSSR count). The number of hydrogen-bond donors (Lipinski definition) is 0. The summed E-state index contributed by atoms with van der Waals surface area (Å²) in [7, 11) is 0. The van der Waals surface area contributed by atoms with E-state index in [-0.39, 0.29) is 34.5 Å². The van der Waals surface area contributed by atoms with Gasteiger partial charge in [-0.25, -0.2) is 0 Å². The normalized spacial score (nSPS) is 22.7. The molecule has 0 saturated carbocycles. The summed E-state index contributed by atoms with van der Waals surface area (Å²) in [6, 6.07) is 0. The van der Waals surface area contributed by atoms with Gasteiger partial charge in [0.15, 0.2) is 0 Å². The molecule has 3 saturated heterocycles. The number of halogens is 2. The molecule has 0 atom stereocenters. The van der Waals surface area contributed by atoms with Gasteiger partial charge in [-0.2, -0.15) is 0 Å². The molecule has 0 N–H and O–H groups in total. The quantitative estimate of drug-likeness (QED) is 0.269. The molecular formula is C28H32Cl2N6O6. The number of morpholine rings is 2. The number of carbonyl (C=O) groups excluding carboxylic acids is 4. The number of hydrogen-bond acceptors (Lipinski definition) is 10. The first-order chi connectivity index (χ1) is 20.4. The van der Waals surface area contributed by atoms with Crippen LogP contribution in [0.2, 0.25) is 0 Å². The second-order valence-electron chi connectivity index (χ2n) is 10.2. The SMILES string of the molecule is O=C1C(Cl)=C(N2CCOCC2)C(=O)N1CC#CCN1CCN(CC#CCN2C(=O)C(Cl)=C(N3CCOCC3)C2=O)CC1. The lowest BCUT2D eigenvalue weighted by atomic mass is 10.3. The Kier molecular flexibility index (Phi) is 10.1. The fourth-order valence-corrected chi connectivity index (χ4v) is 5.79. The van der Waals surface area contributed by atoms with Crippen molar-refractivity contribution in [3.05, 3.63) is 21.5 Å². The van der Waals surface area contributed by atoms with Crippen LogP contribution >= 0.6 is 23.2 Å². The van der Waals surface area contributed by atoms with Crippen molar-refractivity contribution in [2.24, 2.45) is 0 Å². The molecule has 0 spiro atoms. The zero-order valence-electron chi connectivity index (χ0n) is 23.2. The van der Waals surface area contributed by atoms with E-state index >= 15 is 0 Å². The van der Waals surface area contributed by atoms with Crippen molar-refractivity contribution in [3.63, 3.8) is 0 Å². The maximum atomic E-state index is 12.8. The molecule has 0 aliphatic carbocycles. The molecule has 0 aromatic carbocycles. The van der Waals surface area contributed by atoms with Gasteiger partial charge in [-0.1, -0.05) is 46.9 Å². The highest BCUT2D eigenvalue weighted by atomic mass is 35.5. The van der Waals surface area contributed by atoms with Crippen LogP contribution in [0, 0.1) is 23.7 Å². The molecule has 0 radical (unpaired) electrons. The molecule has 5 aliphatic heterocycles. The van der Waals surface area contributed by atoms with Crippen molar-refractivity contribution < 1.29 is 28.7 Å². The minimum Gasteiger partial charge on any atom is -0.378 e. The molecule has 14 heteroatoms. The van der Waals surface area contributed by atoms with Gasteiger partial charge in [-0.3, -0.25) is 38.8 Å². The zero-order chi connectivity index (χ0) is 29.6. The van der Waals surface area contributed by atoms with Gasteiger partial charge in [0.05, 0.1) is 52.6 Å². The van der Waals surface area contributed by atoms with E-state index in [9.17, 15) is 19.2 Å². The van der Waals surface area contributed by atoms with Gasteiger partial charge in [-0.15, -0.1) is 0 Å². The highest BCUT2D eigenvalue weighted by molar-refractivity contribution is 6.48. The topological polar surface area (TPSA) is 106 Å². The van der Waals surface area contributed by atoms with Crippen molar-refractivity contribution in [3.8, 4) is 23.7 Å². The zero-order valence-corrected chi connectivity index (χ0v) is 24.7. The van der Waals surface area contributed by atoms with Crippen LogP contribution in [0.15, 0.2) is 21.5 Å². The van der Waals surface area contributed by atoms with Crippen LogP contribution in [0.1, 0.15) is 0 Å². The Morgan fingerprint density at radius 3 is 1.19 bits per heavy atom. The van der Waals surface area contributed by atoms with Gasteiger partial charge in [-0.05, 0) is 0 Å². The van der Waals surface area contributed by atoms with Crippen LogP contribution in [0.25, 0.3) is 0 Å². The summed E-state index contributed by atoms with van der Waals surface area (Å²) in [4.78, 5) is 60.8. The summed E-state index contributed by atoms with van der Waals surface area (Å²) in [6.45, 7) is 8.19. The van der Waals surface area contributed by atoms with E-state index in [0.717, 1.165) is 36.0 Å². The Hall–Kier alpha value is -3.10. The predicted molar refractivity (Wildman–Crippen MR) is 152 cm³/mol. The van der Waals surface area contributed by atoms with E-state index < -0.39 is 23.6 Å². The Labute approximate surface area is 254 Å². The fourth-order valence-electron chi connectivity index (χ4n) is 5.19. The molecule has 12 nitrogen and oxygen atoms in total. The lowest BCUT2D eigenvalue weighted by molar-refractivity contribution is -0.139. The second kappa shape index (κ2) is 13.9. The molecule has 224 valence electrons. The third-order valence-corrected chi connectivity index (χ3v) is 8.31. The summed E-state index contributed by atoms with van der Waals surface area (Å²) >= 11 is 12.4. The second-order valence-corrected chi connectivity index (χ2v) is 10.9. The number of nitrogens with zero attached hydrogens (tertiary/aromatic N) is 6. The third-order valence-electron chi connectivity index (χ3n) is 7.63. The molecule has 0 aromatic rings. The minimum absolute atomic E-state index is 0.00598. The van der Waals surface area contributed by atoms with E-state index in [1.807, 2.05) is 0 Å². The van der Waals surface area contributed by atoms with Crippen molar-refractivity contribution >= 4 is 46.8 Å². The number of carbonyl (C=O) groups is 4. The Bertz CT molecular complexity index is 1210. The number of piperazine rings is 1. The van der Waals surface area contributed by atoms with E-state index in [2.05, 4.69) is 33.5 Å². The molecule has 42 heavy (non-hydrogen) atoms. The summed E-state index contributed by atoms with van der Waals surface area (Å²) in [5.74, 6) is 10.2. The summed E-state index contributed by atoms with van der Waals surface area (Å²) in [5.41, 5.74) is 0.477. The number of rotatable bonds is 6. The fraction of sp³-hybridized carbons (Fsp3) is 0.571. The van der Waals surface area contributed by atoms with Crippen molar-refractivity contribution in [2.75, 3.05) is 105 Å². The number of ether oxygens (including phenoxy) is 2. The number of imide groups is 2. The lowest BCUT2D eigenvalue weighted by Crippen LogP contribution is -2.46. The molecule has 5 heterocycles. The Balaban J connectivity index is 1.01. The minimum atomic E-state index is -0.512. The summed E-state index contributed by atoms with van der Waals surface area (Å²) in [5, 5.41) is -0.112. The summed E-state index contributed by atoms with van der Waals surface area (Å²) in [6.07, 6.45) is 0. The Morgan fingerprint density at radius 1 is 0.500 bits per heavy atom. The molecule has 0 bridgehead atoms. The summed E-state index contributed by atoms with van der Waals surface area (Å²) < 4.78 is 10.6. The van der Waals surface area contributed by atoms with E-state index in [0.29, 0.717) is 65.7 Å². The van der Waals surface area contributed by atoms with Crippen LogP contribution in [0.3, 0.4) is 0 Å². The Morgan fingerprint density at radius 2 is 0.833 bits per heavy atom. The van der Waals surface area contributed by atoms with Crippen LogP contribution in [-0.4, -0.2) is 158 Å². The van der Waals surface area contributed by atoms with Crippen molar-refractivity contribution in [1.82, 2.24) is 29.4 Å². The van der Waals surface area contributed by atoms with Gasteiger partial charge in [0.25, 0.3) is 23.6 Å². The van der Waals surface area contributed by atoms with Crippen LogP contribution in [-0.2, 0) is 28.7 Å². The predicted octanol–water partition coefficient (Wildman–Crippen LogP) is -1.09. The molecule has 4 amide bonds. The van der Waals surface area contributed by atoms with Gasteiger partial charge in [0, 0.05) is 52.4 Å². The van der Waals surface area contributed by atoms with Crippen LogP contribution < -0.4 is 0 Å². The van der Waals surface area contributed by atoms with Crippen LogP contribution in [0.4, 0.5) is 0 Å². The van der Waals surface area contributed by atoms with E-state index in [1.165, 1.54) is 0 Å². The molecular weight excluding hydrogens is 587 g/mol. The molecule has 0 aromatic heterocycles. The highest BCUT2D eigenvalue weighted by Crippen LogP contribution is 2.28. The third kappa shape index (κ3) is 6.60. The average Bonchev–Trinajstić information content (AvgIpc) is 3.36.